The van der Waals surface area contributed by atoms with E-state index < -0.39 is 0 Å². The molecule has 1 aromatic rings. The van der Waals surface area contributed by atoms with Crippen molar-refractivity contribution in [2.75, 3.05) is 6.54 Å². The minimum absolute atomic E-state index is 0.195. The topological polar surface area (TPSA) is 59.0 Å². The summed E-state index contributed by atoms with van der Waals surface area (Å²) in [5, 5.41) is 10.8. The van der Waals surface area contributed by atoms with Gasteiger partial charge in [-0.2, -0.15) is 5.10 Å². The van der Waals surface area contributed by atoms with Crippen LogP contribution < -0.4 is 10.6 Å². The van der Waals surface area contributed by atoms with Gasteiger partial charge >= 0.3 is 0 Å². The maximum absolute atomic E-state index is 12.0. The third kappa shape index (κ3) is 3.39. The van der Waals surface area contributed by atoms with Crippen LogP contribution in [0.4, 0.5) is 0 Å². The largest absolute Gasteiger partial charge is 0.354 e. The molecule has 1 amide bonds. The summed E-state index contributed by atoms with van der Waals surface area (Å²) < 4.78 is 1.88. The van der Waals surface area contributed by atoms with Gasteiger partial charge in [0.2, 0.25) is 5.91 Å². The van der Waals surface area contributed by atoms with Gasteiger partial charge in [0.25, 0.3) is 0 Å². The summed E-state index contributed by atoms with van der Waals surface area (Å²) in [5.74, 6) is 0.765. The Kier molecular flexibility index (Phi) is 4.05. The van der Waals surface area contributed by atoms with Gasteiger partial charge in [0, 0.05) is 31.2 Å². The fraction of sp³-hybridized carbons (Fsp3) is 0.733. The highest BCUT2D eigenvalue weighted by Gasteiger charge is 2.33. The molecule has 0 aliphatic carbocycles. The number of piperidine rings is 1. The number of hydrogen-bond donors (Lipinski definition) is 2. The number of aryl methyl sites for hydroxylation is 1. The van der Waals surface area contributed by atoms with Gasteiger partial charge in [-0.3, -0.25) is 9.48 Å². The first kappa shape index (κ1) is 13.6. The zero-order chi connectivity index (χ0) is 13.9. The molecule has 3 heterocycles. The molecule has 0 radical (unpaired) electrons. The molecule has 1 aromatic heterocycles. The number of rotatable bonds is 5. The molecular weight excluding hydrogens is 252 g/mol. The fourth-order valence-corrected chi connectivity index (χ4v) is 3.58. The van der Waals surface area contributed by atoms with Gasteiger partial charge < -0.3 is 10.6 Å². The monoisotopic (exact) mass is 276 g/mol. The van der Waals surface area contributed by atoms with Gasteiger partial charge in [0.1, 0.15) is 0 Å². The Morgan fingerprint density at radius 3 is 2.85 bits per heavy atom. The molecule has 2 unspecified atom stereocenters. The normalized spacial score (nSPS) is 28.6. The van der Waals surface area contributed by atoms with E-state index in [4.69, 9.17) is 0 Å². The number of amides is 1. The lowest BCUT2D eigenvalue weighted by atomic mass is 9.89. The highest BCUT2D eigenvalue weighted by molar-refractivity contribution is 5.76. The van der Waals surface area contributed by atoms with Crippen molar-refractivity contribution in [3.05, 3.63) is 18.0 Å². The summed E-state index contributed by atoms with van der Waals surface area (Å²) in [6, 6.07) is 1.33. The maximum Gasteiger partial charge on any atom is 0.220 e. The van der Waals surface area contributed by atoms with Gasteiger partial charge in [-0.15, -0.1) is 0 Å². The lowest BCUT2D eigenvalue weighted by molar-refractivity contribution is -0.122. The Morgan fingerprint density at radius 2 is 2.20 bits per heavy atom. The lowest BCUT2D eigenvalue weighted by Gasteiger charge is -2.28. The van der Waals surface area contributed by atoms with Crippen LogP contribution in [-0.2, 0) is 11.3 Å². The Bertz CT molecular complexity index is 458. The second kappa shape index (κ2) is 5.95. The molecule has 0 aromatic carbocycles. The van der Waals surface area contributed by atoms with Crippen LogP contribution in [0.2, 0.25) is 0 Å². The van der Waals surface area contributed by atoms with Gasteiger partial charge in [-0.1, -0.05) is 0 Å². The molecule has 5 nitrogen and oxygen atoms in total. The summed E-state index contributed by atoms with van der Waals surface area (Å²) in [6.07, 6.45) is 9.45. The van der Waals surface area contributed by atoms with E-state index in [1.54, 1.807) is 0 Å². The summed E-state index contributed by atoms with van der Waals surface area (Å²) >= 11 is 0. The summed E-state index contributed by atoms with van der Waals surface area (Å²) in [4.78, 5) is 12.0. The summed E-state index contributed by atoms with van der Waals surface area (Å²) in [6.45, 7) is 3.43. The number of aromatic nitrogens is 2. The second-order valence-corrected chi connectivity index (χ2v) is 6.31. The molecule has 0 saturated carbocycles. The van der Waals surface area contributed by atoms with Crippen molar-refractivity contribution in [1.82, 2.24) is 20.4 Å². The van der Waals surface area contributed by atoms with Crippen molar-refractivity contribution in [1.29, 1.82) is 0 Å². The summed E-state index contributed by atoms with van der Waals surface area (Å²) in [5.41, 5.74) is 1.15. The maximum atomic E-state index is 12.0. The zero-order valence-electron chi connectivity index (χ0n) is 12.1. The van der Waals surface area contributed by atoms with E-state index in [0.29, 0.717) is 31.0 Å². The predicted octanol–water partition coefficient (Wildman–Crippen LogP) is 1.23. The molecule has 2 N–H and O–H groups in total. The van der Waals surface area contributed by atoms with Gasteiger partial charge in [0.05, 0.1) is 12.7 Å². The number of fused-ring (bicyclic) bond motifs is 2. The fourth-order valence-electron chi connectivity index (χ4n) is 3.58. The molecule has 2 atom stereocenters. The van der Waals surface area contributed by atoms with Crippen molar-refractivity contribution in [3.8, 4) is 0 Å². The zero-order valence-corrected chi connectivity index (χ0v) is 12.1. The van der Waals surface area contributed by atoms with Crippen LogP contribution in [0.3, 0.4) is 0 Å². The van der Waals surface area contributed by atoms with Crippen molar-refractivity contribution < 1.29 is 4.79 Å². The van der Waals surface area contributed by atoms with E-state index in [2.05, 4.69) is 15.7 Å². The predicted molar refractivity (Wildman–Crippen MR) is 77.3 cm³/mol. The van der Waals surface area contributed by atoms with Crippen LogP contribution in [0, 0.1) is 12.8 Å². The van der Waals surface area contributed by atoms with E-state index in [1.807, 2.05) is 24.0 Å². The highest BCUT2D eigenvalue weighted by atomic mass is 16.1. The quantitative estimate of drug-likeness (QED) is 0.850. The average Bonchev–Trinajstić information content (AvgIpc) is 2.96. The molecule has 2 saturated heterocycles. The molecule has 20 heavy (non-hydrogen) atoms. The molecule has 110 valence electrons. The Morgan fingerprint density at radius 1 is 1.45 bits per heavy atom. The van der Waals surface area contributed by atoms with Gasteiger partial charge in [0.15, 0.2) is 0 Å². The summed E-state index contributed by atoms with van der Waals surface area (Å²) in [7, 11) is 0. The standard InChI is InChI=1S/C15H24N4O/c1-11-9-17-19(10-11)5-4-16-15(20)8-12-6-13-2-3-14(7-12)18-13/h9-10,12-14,18H,2-8H2,1H3,(H,16,20). The van der Waals surface area contributed by atoms with E-state index in [1.165, 1.54) is 25.7 Å². The van der Waals surface area contributed by atoms with Crippen molar-refractivity contribution >= 4 is 5.91 Å². The Balaban J connectivity index is 1.37. The van der Waals surface area contributed by atoms with Crippen LogP contribution in [0.5, 0.6) is 0 Å². The molecule has 2 bridgehead atoms. The number of carbonyl (C=O) groups excluding carboxylic acids is 1. The van der Waals surface area contributed by atoms with Crippen LogP contribution >= 0.6 is 0 Å². The number of carbonyl (C=O) groups is 1. The van der Waals surface area contributed by atoms with Crippen molar-refractivity contribution in [3.63, 3.8) is 0 Å². The first-order valence-electron chi connectivity index (χ1n) is 7.71. The van der Waals surface area contributed by atoms with E-state index >= 15 is 0 Å². The minimum atomic E-state index is 0.195. The SMILES string of the molecule is Cc1cnn(CCNC(=O)CC2CC3CCC(C2)N3)c1. The molecule has 2 fully saturated rings. The van der Waals surface area contributed by atoms with Crippen molar-refractivity contribution in [2.24, 2.45) is 5.92 Å². The first-order chi connectivity index (χ1) is 9.69. The lowest BCUT2D eigenvalue weighted by Crippen LogP contribution is -2.40. The third-order valence-corrected chi connectivity index (χ3v) is 4.47. The average molecular weight is 276 g/mol. The molecule has 3 rings (SSSR count). The van der Waals surface area contributed by atoms with E-state index in [9.17, 15) is 4.79 Å². The number of hydrogen-bond acceptors (Lipinski definition) is 3. The van der Waals surface area contributed by atoms with E-state index in [0.717, 1.165) is 12.1 Å². The van der Waals surface area contributed by atoms with Crippen LogP contribution in [0.1, 0.15) is 37.7 Å². The first-order valence-corrected chi connectivity index (χ1v) is 7.71. The van der Waals surface area contributed by atoms with Crippen molar-refractivity contribution in [2.45, 2.75) is 57.7 Å². The highest BCUT2D eigenvalue weighted by Crippen LogP contribution is 2.32. The van der Waals surface area contributed by atoms with Gasteiger partial charge in [-0.25, -0.2) is 0 Å². The minimum Gasteiger partial charge on any atom is -0.354 e. The third-order valence-electron chi connectivity index (χ3n) is 4.47. The Labute approximate surface area is 120 Å². The smallest absolute Gasteiger partial charge is 0.220 e. The molecular formula is C15H24N4O. The molecule has 5 heteroatoms. The van der Waals surface area contributed by atoms with E-state index in [-0.39, 0.29) is 5.91 Å². The van der Waals surface area contributed by atoms with Crippen LogP contribution in [0.25, 0.3) is 0 Å². The molecule has 2 aliphatic rings. The van der Waals surface area contributed by atoms with Crippen LogP contribution in [-0.4, -0.2) is 34.3 Å². The van der Waals surface area contributed by atoms with Gasteiger partial charge in [-0.05, 0) is 44.1 Å². The van der Waals surface area contributed by atoms with Crippen LogP contribution in [0.15, 0.2) is 12.4 Å². The number of nitrogens with zero attached hydrogens (tertiary/aromatic N) is 2. The second-order valence-electron chi connectivity index (χ2n) is 6.31. The Hall–Kier alpha value is -1.36. The molecule has 0 spiro atoms. The number of nitrogens with one attached hydrogen (secondary N) is 2. The molecule has 2 aliphatic heterocycles.